The Bertz CT molecular complexity index is 1310. The molecule has 0 saturated heterocycles. The number of aliphatic hydroxyl groups is 1. The molecule has 0 saturated carbocycles. The molecule has 0 aliphatic rings. The molecule has 1 atom stereocenters. The van der Waals surface area contributed by atoms with Gasteiger partial charge in [0, 0.05) is 30.5 Å². The highest BCUT2D eigenvalue weighted by Crippen LogP contribution is 2.34. The number of rotatable bonds is 6. The molecule has 172 valence electrons. The third kappa shape index (κ3) is 6.22. The molecule has 0 amide bonds. The molecule has 0 fully saturated rings. The smallest absolute Gasteiger partial charge is 0.227 e. The second-order valence-electron chi connectivity index (χ2n) is 7.09. The first-order chi connectivity index (χ1) is 15.8. The SMILES string of the molecule is CC.Cc1cc(Nc2ncccn2)cc(-c2cnc(C(O)c3ccc(S(C)(=O)=O)cc3)s2)c1. The second-order valence-corrected chi connectivity index (χ2v) is 10.2. The van der Waals surface area contributed by atoms with Gasteiger partial charge in [0.25, 0.3) is 0 Å². The van der Waals surface area contributed by atoms with Gasteiger partial charge in [-0.05, 0) is 53.9 Å². The second kappa shape index (κ2) is 10.7. The summed E-state index contributed by atoms with van der Waals surface area (Å²) in [6.45, 7) is 6.00. The molecule has 4 aromatic rings. The molecule has 0 spiro atoms. The van der Waals surface area contributed by atoms with E-state index in [9.17, 15) is 13.5 Å². The number of aliphatic hydroxyl groups excluding tert-OH is 1. The van der Waals surface area contributed by atoms with E-state index in [4.69, 9.17) is 0 Å². The summed E-state index contributed by atoms with van der Waals surface area (Å²) in [6.07, 6.45) is 5.29. The van der Waals surface area contributed by atoms with Gasteiger partial charge < -0.3 is 10.4 Å². The van der Waals surface area contributed by atoms with Gasteiger partial charge in [-0.25, -0.2) is 23.4 Å². The van der Waals surface area contributed by atoms with Crippen molar-refractivity contribution in [3.8, 4) is 10.4 Å². The number of nitrogens with zero attached hydrogens (tertiary/aromatic N) is 3. The van der Waals surface area contributed by atoms with Gasteiger partial charge in [-0.3, -0.25) is 0 Å². The lowest BCUT2D eigenvalue weighted by molar-refractivity contribution is 0.219. The predicted molar refractivity (Wildman–Crippen MR) is 133 cm³/mol. The third-order valence-corrected chi connectivity index (χ3v) is 6.79. The summed E-state index contributed by atoms with van der Waals surface area (Å²) < 4.78 is 23.3. The van der Waals surface area contributed by atoms with Crippen molar-refractivity contribution in [2.75, 3.05) is 11.6 Å². The largest absolute Gasteiger partial charge is 0.381 e. The summed E-state index contributed by atoms with van der Waals surface area (Å²) in [6, 6.07) is 14.0. The van der Waals surface area contributed by atoms with Crippen molar-refractivity contribution < 1.29 is 13.5 Å². The maximum Gasteiger partial charge on any atom is 0.227 e. The van der Waals surface area contributed by atoms with E-state index < -0.39 is 15.9 Å². The molecule has 2 N–H and O–H groups in total. The summed E-state index contributed by atoms with van der Waals surface area (Å²) >= 11 is 1.38. The van der Waals surface area contributed by atoms with E-state index in [1.54, 1.807) is 36.8 Å². The highest BCUT2D eigenvalue weighted by Gasteiger charge is 2.17. The summed E-state index contributed by atoms with van der Waals surface area (Å²) in [5.74, 6) is 0.511. The minimum atomic E-state index is -3.28. The zero-order chi connectivity index (χ0) is 24.0. The number of anilines is 2. The van der Waals surface area contributed by atoms with Crippen LogP contribution in [0, 0.1) is 6.92 Å². The summed E-state index contributed by atoms with van der Waals surface area (Å²) in [4.78, 5) is 13.9. The fraction of sp³-hybridized carbons (Fsp3) is 0.208. The molecule has 0 radical (unpaired) electrons. The first-order valence-electron chi connectivity index (χ1n) is 10.4. The number of thiazole rings is 1. The van der Waals surface area contributed by atoms with Gasteiger partial charge >= 0.3 is 0 Å². The highest BCUT2D eigenvalue weighted by atomic mass is 32.2. The average molecular weight is 483 g/mol. The van der Waals surface area contributed by atoms with Gasteiger partial charge in [0.05, 0.1) is 9.77 Å². The average Bonchev–Trinajstić information content (AvgIpc) is 3.30. The molecule has 7 nitrogen and oxygen atoms in total. The van der Waals surface area contributed by atoms with E-state index in [1.165, 1.54) is 23.5 Å². The number of hydrogen-bond donors (Lipinski definition) is 2. The lowest BCUT2D eigenvalue weighted by Gasteiger charge is -2.09. The van der Waals surface area contributed by atoms with Crippen LogP contribution in [0.3, 0.4) is 0 Å². The molecule has 0 bridgehead atoms. The minimum absolute atomic E-state index is 0.213. The number of sulfone groups is 1. The maximum atomic E-state index is 11.6. The summed E-state index contributed by atoms with van der Waals surface area (Å²) in [7, 11) is -3.28. The molecule has 2 aromatic carbocycles. The molecule has 1 unspecified atom stereocenters. The fourth-order valence-electron chi connectivity index (χ4n) is 3.08. The van der Waals surface area contributed by atoms with Gasteiger partial charge in [0.2, 0.25) is 5.95 Å². The van der Waals surface area contributed by atoms with E-state index in [2.05, 4.69) is 20.3 Å². The van der Waals surface area contributed by atoms with E-state index in [0.29, 0.717) is 16.5 Å². The molecule has 33 heavy (non-hydrogen) atoms. The molecule has 2 aromatic heterocycles. The molecule has 9 heteroatoms. The Morgan fingerprint density at radius 2 is 1.67 bits per heavy atom. The lowest BCUT2D eigenvalue weighted by atomic mass is 10.1. The van der Waals surface area contributed by atoms with Crippen molar-refractivity contribution in [3.63, 3.8) is 0 Å². The van der Waals surface area contributed by atoms with Crippen LogP contribution in [0.15, 0.2) is 72.0 Å². The monoisotopic (exact) mass is 482 g/mol. The van der Waals surface area contributed by atoms with Crippen LogP contribution >= 0.6 is 11.3 Å². The Hall–Kier alpha value is -3.14. The van der Waals surface area contributed by atoms with E-state index >= 15 is 0 Å². The topological polar surface area (TPSA) is 105 Å². The van der Waals surface area contributed by atoms with Crippen molar-refractivity contribution in [3.05, 3.63) is 83.3 Å². The zero-order valence-corrected chi connectivity index (χ0v) is 20.5. The molecule has 4 rings (SSSR count). The van der Waals surface area contributed by atoms with Crippen molar-refractivity contribution >= 4 is 32.8 Å². The number of nitrogens with one attached hydrogen (secondary N) is 1. The molecule has 0 aliphatic carbocycles. The van der Waals surface area contributed by atoms with Gasteiger partial charge in [-0.2, -0.15) is 0 Å². The van der Waals surface area contributed by atoms with Gasteiger partial charge in [-0.1, -0.05) is 32.0 Å². The third-order valence-electron chi connectivity index (χ3n) is 4.57. The van der Waals surface area contributed by atoms with Gasteiger partial charge in [-0.15, -0.1) is 11.3 Å². The van der Waals surface area contributed by atoms with Crippen molar-refractivity contribution in [1.82, 2.24) is 15.0 Å². The van der Waals surface area contributed by atoms with E-state index in [0.717, 1.165) is 27.9 Å². The van der Waals surface area contributed by atoms with Crippen LogP contribution in [0.5, 0.6) is 0 Å². The quantitative estimate of drug-likeness (QED) is 0.391. The summed E-state index contributed by atoms with van der Waals surface area (Å²) in [5.41, 5.74) is 3.46. The normalized spacial score (nSPS) is 11.9. The Morgan fingerprint density at radius 3 is 2.30 bits per heavy atom. The van der Waals surface area contributed by atoms with Crippen LogP contribution in [-0.2, 0) is 9.84 Å². The predicted octanol–water partition coefficient (Wildman–Crippen LogP) is 5.16. The van der Waals surface area contributed by atoms with Gasteiger partial charge in [0.15, 0.2) is 9.84 Å². The number of aryl methyl sites for hydroxylation is 1. The van der Waals surface area contributed by atoms with Crippen LogP contribution in [-0.4, -0.2) is 34.7 Å². The molecule has 2 heterocycles. The Kier molecular flexibility index (Phi) is 7.91. The first-order valence-corrected chi connectivity index (χ1v) is 13.1. The van der Waals surface area contributed by atoms with Crippen LogP contribution < -0.4 is 5.32 Å². The number of benzene rings is 2. The van der Waals surface area contributed by atoms with Crippen LogP contribution in [0.25, 0.3) is 10.4 Å². The van der Waals surface area contributed by atoms with Crippen molar-refractivity contribution in [1.29, 1.82) is 0 Å². The zero-order valence-electron chi connectivity index (χ0n) is 18.9. The Morgan fingerprint density at radius 1 is 1.00 bits per heavy atom. The standard InChI is InChI=1S/C22H20N4O3S2.C2H6/c1-14-10-16(12-17(11-14)26-22-23-8-3-9-24-22)19-13-25-21(30-19)20(27)15-4-6-18(7-5-15)31(2,28)29;1-2/h3-13,20,27H,1-2H3,(H,23,24,26);1-2H3. The summed E-state index contributed by atoms with van der Waals surface area (Å²) in [5, 5.41) is 14.4. The van der Waals surface area contributed by atoms with Crippen molar-refractivity contribution in [2.45, 2.75) is 31.8 Å². The maximum absolute atomic E-state index is 11.6. The first kappa shape index (κ1) is 24.5. The van der Waals surface area contributed by atoms with Gasteiger partial charge in [0.1, 0.15) is 11.1 Å². The number of hydrogen-bond acceptors (Lipinski definition) is 8. The number of aromatic nitrogens is 3. The Labute approximate surface area is 198 Å². The molecule has 0 aliphatic heterocycles. The molecular formula is C24H26N4O3S2. The lowest BCUT2D eigenvalue weighted by Crippen LogP contribution is -2.01. The molecular weight excluding hydrogens is 456 g/mol. The van der Waals surface area contributed by atoms with Crippen molar-refractivity contribution in [2.24, 2.45) is 0 Å². The Balaban J connectivity index is 0.00000149. The minimum Gasteiger partial charge on any atom is -0.381 e. The van der Waals surface area contributed by atoms with Crippen LogP contribution in [0.4, 0.5) is 11.6 Å². The van der Waals surface area contributed by atoms with E-state index in [-0.39, 0.29) is 4.90 Å². The van der Waals surface area contributed by atoms with Crippen LogP contribution in [0.2, 0.25) is 0 Å². The highest BCUT2D eigenvalue weighted by molar-refractivity contribution is 7.90. The van der Waals surface area contributed by atoms with E-state index in [1.807, 2.05) is 39.0 Å². The van der Waals surface area contributed by atoms with Crippen LogP contribution in [0.1, 0.15) is 36.1 Å². The fourth-order valence-corrected chi connectivity index (χ4v) is 4.63.